The number of halogens is 4. The van der Waals surface area contributed by atoms with Crippen LogP contribution in [0.2, 0.25) is 0 Å². The second-order valence-electron chi connectivity index (χ2n) is 3.50. The zero-order chi connectivity index (χ0) is 15.5. The molecule has 0 saturated heterocycles. The number of ether oxygens (including phenoxy) is 1. The zero-order valence-electron chi connectivity index (χ0n) is 9.46. The molecule has 0 aliphatic rings. The molecule has 110 valence electrons. The van der Waals surface area contributed by atoms with Crippen molar-refractivity contribution in [1.29, 1.82) is 0 Å². The number of nitrogens with zero attached hydrogens (tertiary/aromatic N) is 2. The molecule has 1 aromatic carbocycles. The number of hydrogen-bond donors (Lipinski definition) is 0. The maximum Gasteiger partial charge on any atom is 0.445 e. The first kappa shape index (κ1) is 15.8. The van der Waals surface area contributed by atoms with Crippen LogP contribution in [0.3, 0.4) is 0 Å². The van der Waals surface area contributed by atoms with Crippen molar-refractivity contribution >= 4 is 11.4 Å². The minimum atomic E-state index is -5.25. The summed E-state index contributed by atoms with van der Waals surface area (Å²) < 4.78 is 51.9. The van der Waals surface area contributed by atoms with Crippen LogP contribution in [0.15, 0.2) is 18.2 Å². The van der Waals surface area contributed by atoms with E-state index >= 15 is 0 Å². The molecule has 20 heavy (non-hydrogen) atoms. The Bertz CT molecular complexity index is 534. The second-order valence-corrected chi connectivity index (χ2v) is 3.50. The van der Waals surface area contributed by atoms with Gasteiger partial charge < -0.3 is 4.74 Å². The van der Waals surface area contributed by atoms with Gasteiger partial charge in [0, 0.05) is 6.07 Å². The van der Waals surface area contributed by atoms with E-state index in [9.17, 15) is 37.8 Å². The van der Waals surface area contributed by atoms with Gasteiger partial charge in [0.2, 0.25) is 0 Å². The van der Waals surface area contributed by atoms with Gasteiger partial charge >= 0.3 is 6.18 Å². The van der Waals surface area contributed by atoms with Crippen LogP contribution in [0.4, 0.5) is 28.9 Å². The Morgan fingerprint density at radius 2 is 1.80 bits per heavy atom. The number of nitro benzene ring substituents is 2. The number of rotatable bonds is 5. The molecule has 1 rings (SSSR count). The summed E-state index contributed by atoms with van der Waals surface area (Å²) >= 11 is 0. The number of nitro groups is 2. The molecule has 1 atom stereocenters. The van der Waals surface area contributed by atoms with Crippen molar-refractivity contribution in [2.24, 2.45) is 0 Å². The van der Waals surface area contributed by atoms with E-state index in [1.54, 1.807) is 0 Å². The first-order valence-corrected chi connectivity index (χ1v) is 4.87. The van der Waals surface area contributed by atoms with Gasteiger partial charge in [-0.05, 0) is 6.07 Å². The van der Waals surface area contributed by atoms with Crippen molar-refractivity contribution in [3.8, 4) is 0 Å². The standard InChI is InChI=1S/C9H6F4N2O5/c10-8(9(11,12)13)20-4-5-1-2-6(14(16)17)3-7(5)15(18)19/h1-3,8H,4H2. The Morgan fingerprint density at radius 3 is 2.25 bits per heavy atom. The van der Waals surface area contributed by atoms with Gasteiger partial charge in [0.05, 0.1) is 28.1 Å². The molecule has 1 aromatic rings. The molecule has 0 saturated carbocycles. The van der Waals surface area contributed by atoms with Crippen molar-refractivity contribution in [2.45, 2.75) is 19.1 Å². The highest BCUT2D eigenvalue weighted by Crippen LogP contribution is 2.28. The highest BCUT2D eigenvalue weighted by atomic mass is 19.4. The predicted octanol–water partition coefficient (Wildman–Crippen LogP) is 2.88. The van der Waals surface area contributed by atoms with Gasteiger partial charge in [-0.1, -0.05) is 0 Å². The van der Waals surface area contributed by atoms with Crippen molar-refractivity contribution in [1.82, 2.24) is 0 Å². The monoisotopic (exact) mass is 298 g/mol. The Labute approximate surface area is 108 Å². The summed E-state index contributed by atoms with van der Waals surface area (Å²) in [6.45, 7) is -1.05. The summed E-state index contributed by atoms with van der Waals surface area (Å²) in [5.74, 6) is 0. The molecule has 0 heterocycles. The first-order chi connectivity index (χ1) is 9.12. The molecule has 0 aromatic heterocycles. The van der Waals surface area contributed by atoms with E-state index in [2.05, 4.69) is 4.74 Å². The lowest BCUT2D eigenvalue weighted by atomic mass is 10.1. The lowest BCUT2D eigenvalue weighted by Gasteiger charge is -2.12. The van der Waals surface area contributed by atoms with Crippen LogP contribution < -0.4 is 0 Å². The molecule has 0 N–H and O–H groups in total. The summed E-state index contributed by atoms with van der Waals surface area (Å²) in [4.78, 5) is 19.1. The lowest BCUT2D eigenvalue weighted by molar-refractivity contribution is -0.395. The average molecular weight is 298 g/mol. The quantitative estimate of drug-likeness (QED) is 0.473. The van der Waals surface area contributed by atoms with Gasteiger partial charge in [-0.25, -0.2) is 4.39 Å². The third-order valence-corrected chi connectivity index (χ3v) is 2.12. The van der Waals surface area contributed by atoms with Gasteiger partial charge in [-0.2, -0.15) is 13.2 Å². The Kier molecular flexibility index (Phi) is 4.55. The fourth-order valence-electron chi connectivity index (χ4n) is 1.22. The molecule has 0 aliphatic carbocycles. The second kappa shape index (κ2) is 5.77. The highest BCUT2D eigenvalue weighted by molar-refractivity contribution is 5.48. The predicted molar refractivity (Wildman–Crippen MR) is 55.5 cm³/mol. The van der Waals surface area contributed by atoms with Crippen molar-refractivity contribution in [3.63, 3.8) is 0 Å². The van der Waals surface area contributed by atoms with Crippen LogP contribution in [0.25, 0.3) is 0 Å². The van der Waals surface area contributed by atoms with E-state index in [1.807, 2.05) is 0 Å². The SMILES string of the molecule is O=[N+]([O-])c1ccc(COC(F)C(F)(F)F)c([N+](=O)[O-])c1. The molecule has 1 unspecified atom stereocenters. The number of benzene rings is 1. The van der Waals surface area contributed by atoms with E-state index in [4.69, 9.17) is 0 Å². The summed E-state index contributed by atoms with van der Waals surface area (Å²) in [6.07, 6.45) is -8.85. The van der Waals surface area contributed by atoms with E-state index in [1.165, 1.54) is 0 Å². The lowest BCUT2D eigenvalue weighted by Crippen LogP contribution is -2.27. The average Bonchev–Trinajstić information content (AvgIpc) is 2.34. The van der Waals surface area contributed by atoms with Gasteiger partial charge in [0.15, 0.2) is 0 Å². The molecule has 0 spiro atoms. The van der Waals surface area contributed by atoms with E-state index in [0.29, 0.717) is 6.07 Å². The topological polar surface area (TPSA) is 95.5 Å². The Balaban J connectivity index is 2.95. The highest BCUT2D eigenvalue weighted by Gasteiger charge is 2.41. The maximum atomic E-state index is 12.5. The van der Waals surface area contributed by atoms with Crippen LogP contribution >= 0.6 is 0 Å². The number of non-ortho nitro benzene ring substituents is 1. The van der Waals surface area contributed by atoms with Crippen LogP contribution in [-0.4, -0.2) is 22.4 Å². The largest absolute Gasteiger partial charge is 0.445 e. The summed E-state index contributed by atoms with van der Waals surface area (Å²) in [5.41, 5.74) is -1.85. The van der Waals surface area contributed by atoms with E-state index in [0.717, 1.165) is 12.1 Å². The molecule has 11 heteroatoms. The van der Waals surface area contributed by atoms with Gasteiger partial charge in [-0.3, -0.25) is 20.2 Å². The minimum absolute atomic E-state index is 0.410. The maximum absolute atomic E-state index is 12.5. The summed E-state index contributed by atoms with van der Waals surface area (Å²) in [5, 5.41) is 21.1. The van der Waals surface area contributed by atoms with E-state index < -0.39 is 45.9 Å². The Hall–Kier alpha value is -2.30. The molecule has 0 radical (unpaired) electrons. The minimum Gasteiger partial charge on any atom is -0.336 e. The molecule has 7 nitrogen and oxygen atoms in total. The fraction of sp³-hybridized carbons (Fsp3) is 0.333. The molecule has 0 bridgehead atoms. The summed E-state index contributed by atoms with van der Waals surface area (Å²) in [7, 11) is 0. The normalized spacial score (nSPS) is 13.0. The fourth-order valence-corrected chi connectivity index (χ4v) is 1.22. The van der Waals surface area contributed by atoms with Gasteiger partial charge in [0.25, 0.3) is 17.7 Å². The third kappa shape index (κ3) is 3.85. The molecule has 0 fully saturated rings. The van der Waals surface area contributed by atoms with Gasteiger partial charge in [0.1, 0.15) is 0 Å². The van der Waals surface area contributed by atoms with E-state index in [-0.39, 0.29) is 0 Å². The van der Waals surface area contributed by atoms with Crippen LogP contribution in [-0.2, 0) is 11.3 Å². The van der Waals surface area contributed by atoms with Crippen molar-refractivity contribution in [2.75, 3.05) is 0 Å². The van der Waals surface area contributed by atoms with Crippen molar-refractivity contribution in [3.05, 3.63) is 44.0 Å². The Morgan fingerprint density at radius 1 is 1.20 bits per heavy atom. The van der Waals surface area contributed by atoms with Crippen molar-refractivity contribution < 1.29 is 32.1 Å². The number of hydrogen-bond acceptors (Lipinski definition) is 5. The first-order valence-electron chi connectivity index (χ1n) is 4.87. The molecular weight excluding hydrogens is 292 g/mol. The number of alkyl halides is 4. The molecular formula is C9H6F4N2O5. The summed E-state index contributed by atoms with van der Waals surface area (Å²) in [6, 6.07) is 2.23. The van der Waals surface area contributed by atoms with Crippen LogP contribution in [0.5, 0.6) is 0 Å². The van der Waals surface area contributed by atoms with Crippen LogP contribution in [0.1, 0.15) is 5.56 Å². The molecule has 0 amide bonds. The van der Waals surface area contributed by atoms with Crippen LogP contribution in [0, 0.1) is 20.2 Å². The molecule has 0 aliphatic heterocycles. The zero-order valence-corrected chi connectivity index (χ0v) is 9.46. The third-order valence-electron chi connectivity index (χ3n) is 2.12. The smallest absolute Gasteiger partial charge is 0.336 e. The van der Waals surface area contributed by atoms with Gasteiger partial charge in [-0.15, -0.1) is 0 Å².